The van der Waals surface area contributed by atoms with Crippen LogP contribution in [-0.2, 0) is 23.7 Å². The Morgan fingerprint density at radius 2 is 0.750 bits per heavy atom. The summed E-state index contributed by atoms with van der Waals surface area (Å²) in [5.74, 6) is 0. The molecular formula is C6H6CdS. The maximum atomic E-state index is 4.25. The van der Waals surface area contributed by atoms with Crippen LogP contribution in [0.25, 0.3) is 0 Å². The molecule has 0 unspecified atom stereocenters. The molecule has 0 fully saturated rings. The SMILES string of the molecule is [S]=[Cd].c1ccccc1. The van der Waals surface area contributed by atoms with Gasteiger partial charge >= 0.3 is 32.3 Å². The molecule has 0 bridgehead atoms. The molecule has 2 heteroatoms. The van der Waals surface area contributed by atoms with Crippen LogP contribution in [0.5, 0.6) is 0 Å². The van der Waals surface area contributed by atoms with Gasteiger partial charge in [0.1, 0.15) is 0 Å². The zero-order valence-corrected chi connectivity index (χ0v) is 9.43. The van der Waals surface area contributed by atoms with Crippen LogP contribution in [0.3, 0.4) is 0 Å². The second-order valence-corrected chi connectivity index (χ2v) is 1.15. The van der Waals surface area contributed by atoms with Gasteiger partial charge in [-0.25, -0.2) is 0 Å². The van der Waals surface area contributed by atoms with E-state index in [0.717, 1.165) is 23.7 Å². The number of hydrogen-bond acceptors (Lipinski definition) is 1. The van der Waals surface area contributed by atoms with Gasteiger partial charge in [-0.05, 0) is 0 Å². The Morgan fingerprint density at radius 1 is 0.625 bits per heavy atom. The molecule has 1 aromatic carbocycles. The van der Waals surface area contributed by atoms with Crippen LogP contribution in [0.1, 0.15) is 0 Å². The Labute approximate surface area is 68.4 Å². The summed E-state index contributed by atoms with van der Waals surface area (Å²) < 4.78 is 0. The molecule has 0 aliphatic heterocycles. The smallest absolute Gasteiger partial charge is 0.0623 e. The van der Waals surface area contributed by atoms with Gasteiger partial charge in [0, 0.05) is 0 Å². The van der Waals surface area contributed by atoms with Crippen LogP contribution in [0.15, 0.2) is 36.4 Å². The molecule has 0 nitrogen and oxygen atoms in total. The predicted octanol–water partition coefficient (Wildman–Crippen LogP) is 2.33. The topological polar surface area (TPSA) is 0 Å². The molecule has 0 radical (unpaired) electrons. The minimum Gasteiger partial charge on any atom is -0.0623 e. The van der Waals surface area contributed by atoms with Crippen LogP contribution in [0.2, 0.25) is 0 Å². The molecule has 0 aliphatic carbocycles. The van der Waals surface area contributed by atoms with E-state index >= 15 is 0 Å². The third kappa shape index (κ3) is 4.52. The molecule has 0 saturated heterocycles. The fraction of sp³-hybridized carbons (Fsp3) is 0. The molecule has 8 heavy (non-hydrogen) atoms. The molecule has 0 heterocycles. The van der Waals surface area contributed by atoms with Crippen molar-refractivity contribution in [2.45, 2.75) is 0 Å². The van der Waals surface area contributed by atoms with Gasteiger partial charge in [0.15, 0.2) is 0 Å². The molecule has 1 rings (SSSR count). The molecule has 0 N–H and O–H groups in total. The van der Waals surface area contributed by atoms with E-state index in [1.165, 1.54) is 0 Å². The normalized spacial score (nSPS) is 6.75. The third-order valence-electron chi connectivity index (χ3n) is 0.667. The predicted molar refractivity (Wildman–Crippen MR) is 34.0 cm³/mol. The number of hydrogen-bond donors (Lipinski definition) is 0. The first-order valence-corrected chi connectivity index (χ1v) is 7.81. The molecule has 0 amide bonds. The Morgan fingerprint density at radius 3 is 0.875 bits per heavy atom. The Bertz CT molecular complexity index is 91.4. The molecule has 1 aromatic rings. The molecule has 0 spiro atoms. The molecular weight excluding hydrogens is 217 g/mol. The zero-order valence-electron chi connectivity index (χ0n) is 4.58. The van der Waals surface area contributed by atoms with Gasteiger partial charge in [-0.15, -0.1) is 0 Å². The summed E-state index contributed by atoms with van der Waals surface area (Å²) in [6.45, 7) is 0. The van der Waals surface area contributed by atoms with Crippen molar-refractivity contribution in [2.75, 3.05) is 0 Å². The van der Waals surface area contributed by atoms with Gasteiger partial charge in [-0.2, -0.15) is 0 Å². The van der Waals surface area contributed by atoms with Crippen molar-refractivity contribution in [3.05, 3.63) is 36.4 Å². The zero-order chi connectivity index (χ0) is 6.24. The molecule has 0 aliphatic rings. The second-order valence-electron chi connectivity index (χ2n) is 1.15. The minimum absolute atomic E-state index is 0.733. The Balaban J connectivity index is 0.000000222. The van der Waals surface area contributed by atoms with E-state index in [-0.39, 0.29) is 0 Å². The van der Waals surface area contributed by atoms with Crippen molar-refractivity contribution in [3.63, 3.8) is 0 Å². The van der Waals surface area contributed by atoms with Crippen LogP contribution in [0, 0.1) is 0 Å². The van der Waals surface area contributed by atoms with Gasteiger partial charge in [0.2, 0.25) is 0 Å². The van der Waals surface area contributed by atoms with Crippen LogP contribution in [-0.4, -0.2) is 0 Å². The molecule has 0 aromatic heterocycles. The van der Waals surface area contributed by atoms with E-state index < -0.39 is 0 Å². The summed E-state index contributed by atoms with van der Waals surface area (Å²) in [4.78, 5) is 0. The number of rotatable bonds is 0. The standard InChI is InChI=1S/C6H6.Cd.S/c1-2-4-6-5-3-1;;/h1-6H;;. The first-order valence-electron chi connectivity index (χ1n) is 2.29. The van der Waals surface area contributed by atoms with Gasteiger partial charge in [0.25, 0.3) is 0 Å². The van der Waals surface area contributed by atoms with E-state index in [9.17, 15) is 0 Å². The van der Waals surface area contributed by atoms with E-state index in [1.807, 2.05) is 36.4 Å². The van der Waals surface area contributed by atoms with Gasteiger partial charge < -0.3 is 0 Å². The first kappa shape index (κ1) is 8.36. The number of benzene rings is 1. The molecule has 38 valence electrons. The maximum absolute atomic E-state index is 4.25. The summed E-state index contributed by atoms with van der Waals surface area (Å²) >= 11 is 0.733. The van der Waals surface area contributed by atoms with E-state index in [4.69, 9.17) is 0 Å². The largest absolute Gasteiger partial charge is 0.0623 e. The third-order valence-corrected chi connectivity index (χ3v) is 0.667. The molecule has 0 saturated carbocycles. The van der Waals surface area contributed by atoms with E-state index in [2.05, 4.69) is 8.65 Å². The van der Waals surface area contributed by atoms with Crippen LogP contribution in [0.4, 0.5) is 0 Å². The summed E-state index contributed by atoms with van der Waals surface area (Å²) in [6, 6.07) is 12.0. The average molecular weight is 223 g/mol. The Hall–Kier alpha value is 0.362. The van der Waals surface area contributed by atoms with Gasteiger partial charge in [0.05, 0.1) is 0 Å². The van der Waals surface area contributed by atoms with Crippen LogP contribution >= 0.6 is 8.65 Å². The fourth-order valence-corrected chi connectivity index (χ4v) is 0.385. The van der Waals surface area contributed by atoms with Crippen molar-refractivity contribution in [1.29, 1.82) is 0 Å². The maximum Gasteiger partial charge on any atom is -0.0623 e. The monoisotopic (exact) mass is 224 g/mol. The van der Waals surface area contributed by atoms with Gasteiger partial charge in [-0.3, -0.25) is 0 Å². The van der Waals surface area contributed by atoms with E-state index in [1.54, 1.807) is 0 Å². The van der Waals surface area contributed by atoms with Gasteiger partial charge in [-0.1, -0.05) is 36.4 Å². The fourth-order valence-electron chi connectivity index (χ4n) is 0.385. The summed E-state index contributed by atoms with van der Waals surface area (Å²) in [6.07, 6.45) is 0. The van der Waals surface area contributed by atoms with Crippen molar-refractivity contribution in [2.24, 2.45) is 0 Å². The van der Waals surface area contributed by atoms with Crippen molar-refractivity contribution in [1.82, 2.24) is 0 Å². The summed E-state index contributed by atoms with van der Waals surface area (Å²) in [5.41, 5.74) is 0. The first-order chi connectivity index (χ1) is 4.00. The summed E-state index contributed by atoms with van der Waals surface area (Å²) in [7, 11) is 4.25. The van der Waals surface area contributed by atoms with Crippen LogP contribution < -0.4 is 0 Å². The second kappa shape index (κ2) is 7.36. The Kier molecular flexibility index (Phi) is 7.70. The van der Waals surface area contributed by atoms with Crippen molar-refractivity contribution in [3.8, 4) is 0 Å². The van der Waals surface area contributed by atoms with Crippen molar-refractivity contribution < 1.29 is 23.7 Å². The minimum atomic E-state index is 0.733. The summed E-state index contributed by atoms with van der Waals surface area (Å²) in [5, 5.41) is 0. The quantitative estimate of drug-likeness (QED) is 0.607. The average Bonchev–Trinajstić information content (AvgIpc) is 1.96. The van der Waals surface area contributed by atoms with E-state index in [0.29, 0.717) is 0 Å². The molecule has 0 atom stereocenters. The van der Waals surface area contributed by atoms with Crippen molar-refractivity contribution >= 4 is 8.65 Å².